The Morgan fingerprint density at radius 3 is 2.36 bits per heavy atom. The van der Waals surface area contributed by atoms with Crippen LogP contribution in [-0.4, -0.2) is 31.9 Å². The molecule has 0 radical (unpaired) electrons. The highest BCUT2D eigenvalue weighted by molar-refractivity contribution is 7.87. The molecule has 0 atom stereocenters. The second-order valence-corrected chi connectivity index (χ2v) is 6.12. The van der Waals surface area contributed by atoms with Gasteiger partial charge in [0, 0.05) is 19.1 Å². The van der Waals surface area contributed by atoms with Crippen molar-refractivity contribution < 1.29 is 8.42 Å². The van der Waals surface area contributed by atoms with E-state index in [0.29, 0.717) is 6.54 Å². The molecule has 0 aromatic carbocycles. The van der Waals surface area contributed by atoms with Gasteiger partial charge in [-0.15, -0.1) is 0 Å². The molecule has 1 rings (SSSR count). The van der Waals surface area contributed by atoms with Gasteiger partial charge >= 0.3 is 0 Å². The number of hydrogen-bond donors (Lipinski definition) is 1. The van der Waals surface area contributed by atoms with Crippen molar-refractivity contribution in [1.29, 1.82) is 0 Å². The van der Waals surface area contributed by atoms with Gasteiger partial charge in [-0.05, 0) is 32.6 Å². The molecule has 0 saturated heterocycles. The van der Waals surface area contributed by atoms with E-state index in [2.05, 4.69) is 4.72 Å². The summed E-state index contributed by atoms with van der Waals surface area (Å²) in [5.74, 6) is 0. The van der Waals surface area contributed by atoms with E-state index in [1.807, 2.05) is 13.8 Å². The molecular weight excluding hydrogens is 200 g/mol. The van der Waals surface area contributed by atoms with Crippen LogP contribution in [0.25, 0.3) is 0 Å². The Morgan fingerprint density at radius 2 is 2.00 bits per heavy atom. The summed E-state index contributed by atoms with van der Waals surface area (Å²) in [7, 11) is -1.64. The summed E-state index contributed by atoms with van der Waals surface area (Å²) < 4.78 is 27.6. The molecule has 0 bridgehead atoms. The van der Waals surface area contributed by atoms with Gasteiger partial charge < -0.3 is 0 Å². The number of hydrogen-bond acceptors (Lipinski definition) is 2. The first-order chi connectivity index (χ1) is 6.40. The molecule has 0 amide bonds. The first-order valence-electron chi connectivity index (χ1n) is 5.15. The number of rotatable bonds is 5. The summed E-state index contributed by atoms with van der Waals surface area (Å²) in [6.07, 6.45) is 3.86. The quantitative estimate of drug-likeness (QED) is 0.754. The molecule has 0 heterocycles. The Kier molecular flexibility index (Phi) is 3.55. The zero-order valence-electron chi connectivity index (χ0n) is 9.21. The van der Waals surface area contributed by atoms with Crippen molar-refractivity contribution >= 4 is 10.2 Å². The van der Waals surface area contributed by atoms with E-state index in [4.69, 9.17) is 0 Å². The smallest absolute Gasteiger partial charge is 0.196 e. The fourth-order valence-electron chi connectivity index (χ4n) is 1.63. The normalized spacial score (nSPS) is 20.9. The van der Waals surface area contributed by atoms with Crippen molar-refractivity contribution in [3.63, 3.8) is 0 Å². The fraction of sp³-hybridized carbons (Fsp3) is 1.00. The minimum absolute atomic E-state index is 0.194. The van der Waals surface area contributed by atoms with E-state index in [9.17, 15) is 8.42 Å². The zero-order chi connectivity index (χ0) is 10.8. The molecule has 0 unspecified atom stereocenters. The lowest BCUT2D eigenvalue weighted by molar-refractivity contribution is 0.242. The second kappa shape index (κ2) is 4.16. The third-order valence-corrected chi connectivity index (χ3v) is 4.54. The standard InChI is InChI=1S/C9H20N2O2S/c1-4-8-11(3)14(12,13)10-9(2)6-5-7-9/h10H,4-8H2,1-3H3. The Bertz CT molecular complexity index is 283. The molecule has 4 nitrogen and oxygen atoms in total. The van der Waals surface area contributed by atoms with Gasteiger partial charge in [-0.3, -0.25) is 0 Å². The first-order valence-corrected chi connectivity index (χ1v) is 6.59. The van der Waals surface area contributed by atoms with E-state index in [1.54, 1.807) is 7.05 Å². The minimum Gasteiger partial charge on any atom is -0.196 e. The van der Waals surface area contributed by atoms with E-state index >= 15 is 0 Å². The van der Waals surface area contributed by atoms with Crippen molar-refractivity contribution in [3.05, 3.63) is 0 Å². The summed E-state index contributed by atoms with van der Waals surface area (Å²) in [5, 5.41) is 0. The molecule has 1 aliphatic rings. The molecule has 0 aliphatic heterocycles. The van der Waals surface area contributed by atoms with Gasteiger partial charge in [0.1, 0.15) is 0 Å². The Balaban J connectivity index is 2.57. The lowest BCUT2D eigenvalue weighted by Gasteiger charge is -2.39. The predicted octanol–water partition coefficient (Wildman–Crippen LogP) is 1.11. The van der Waals surface area contributed by atoms with Crippen LogP contribution in [0.1, 0.15) is 39.5 Å². The fourth-order valence-corrected chi connectivity index (χ4v) is 3.04. The maximum Gasteiger partial charge on any atom is 0.279 e. The minimum atomic E-state index is -3.26. The molecule has 14 heavy (non-hydrogen) atoms. The highest BCUT2D eigenvalue weighted by atomic mass is 32.2. The van der Waals surface area contributed by atoms with E-state index in [0.717, 1.165) is 25.7 Å². The van der Waals surface area contributed by atoms with Crippen molar-refractivity contribution in [3.8, 4) is 0 Å². The van der Waals surface area contributed by atoms with Crippen LogP contribution in [0.4, 0.5) is 0 Å². The Morgan fingerprint density at radius 1 is 1.43 bits per heavy atom. The van der Waals surface area contributed by atoms with Crippen molar-refractivity contribution in [2.75, 3.05) is 13.6 Å². The van der Waals surface area contributed by atoms with Crippen LogP contribution in [0, 0.1) is 0 Å². The highest BCUT2D eigenvalue weighted by Gasteiger charge is 2.36. The first kappa shape index (κ1) is 11.9. The summed E-state index contributed by atoms with van der Waals surface area (Å²) >= 11 is 0. The van der Waals surface area contributed by atoms with Gasteiger partial charge in [0.05, 0.1) is 0 Å². The molecule has 0 aromatic rings. The molecule has 84 valence electrons. The average molecular weight is 220 g/mol. The summed E-state index contributed by atoms with van der Waals surface area (Å²) in [6, 6.07) is 0. The van der Waals surface area contributed by atoms with Gasteiger partial charge in [0.25, 0.3) is 10.2 Å². The second-order valence-electron chi connectivity index (χ2n) is 4.34. The summed E-state index contributed by atoms with van der Waals surface area (Å²) in [6.45, 7) is 4.51. The van der Waals surface area contributed by atoms with Gasteiger partial charge in [0.15, 0.2) is 0 Å². The van der Waals surface area contributed by atoms with Gasteiger partial charge in [-0.2, -0.15) is 17.4 Å². The monoisotopic (exact) mass is 220 g/mol. The predicted molar refractivity (Wildman–Crippen MR) is 57.2 cm³/mol. The zero-order valence-corrected chi connectivity index (χ0v) is 10.0. The van der Waals surface area contributed by atoms with E-state index in [-0.39, 0.29) is 5.54 Å². The topological polar surface area (TPSA) is 49.4 Å². The number of nitrogens with one attached hydrogen (secondary N) is 1. The Labute approximate surface area is 86.9 Å². The van der Waals surface area contributed by atoms with Crippen LogP contribution in [-0.2, 0) is 10.2 Å². The van der Waals surface area contributed by atoms with Crippen LogP contribution >= 0.6 is 0 Å². The van der Waals surface area contributed by atoms with Gasteiger partial charge in [-0.1, -0.05) is 6.92 Å². The molecular formula is C9H20N2O2S. The maximum atomic E-state index is 11.7. The van der Waals surface area contributed by atoms with Crippen molar-refractivity contribution in [1.82, 2.24) is 9.03 Å². The SMILES string of the molecule is CCCN(C)S(=O)(=O)NC1(C)CCC1. The molecule has 0 aromatic heterocycles. The highest BCUT2D eigenvalue weighted by Crippen LogP contribution is 2.31. The van der Waals surface area contributed by atoms with E-state index < -0.39 is 10.2 Å². The van der Waals surface area contributed by atoms with Gasteiger partial charge in [0.2, 0.25) is 0 Å². The molecule has 0 spiro atoms. The third-order valence-electron chi connectivity index (χ3n) is 2.78. The lowest BCUT2D eigenvalue weighted by atomic mass is 9.80. The molecule has 1 saturated carbocycles. The summed E-state index contributed by atoms with van der Waals surface area (Å²) in [5.41, 5.74) is -0.194. The maximum absolute atomic E-state index is 11.7. The molecule has 1 aliphatic carbocycles. The van der Waals surface area contributed by atoms with Crippen molar-refractivity contribution in [2.45, 2.75) is 45.1 Å². The molecule has 1 fully saturated rings. The largest absolute Gasteiger partial charge is 0.279 e. The number of nitrogens with zero attached hydrogens (tertiary/aromatic N) is 1. The van der Waals surface area contributed by atoms with Crippen LogP contribution < -0.4 is 4.72 Å². The average Bonchev–Trinajstić information content (AvgIpc) is 2.01. The molecule has 1 N–H and O–H groups in total. The van der Waals surface area contributed by atoms with Crippen LogP contribution in [0.5, 0.6) is 0 Å². The summed E-state index contributed by atoms with van der Waals surface area (Å²) in [4.78, 5) is 0. The third kappa shape index (κ3) is 2.68. The molecule has 5 heteroatoms. The Hall–Kier alpha value is -0.130. The van der Waals surface area contributed by atoms with E-state index in [1.165, 1.54) is 4.31 Å². The van der Waals surface area contributed by atoms with Crippen LogP contribution in [0.2, 0.25) is 0 Å². The van der Waals surface area contributed by atoms with Crippen LogP contribution in [0.15, 0.2) is 0 Å². The van der Waals surface area contributed by atoms with Crippen molar-refractivity contribution in [2.24, 2.45) is 0 Å². The lowest BCUT2D eigenvalue weighted by Crippen LogP contribution is -2.54. The van der Waals surface area contributed by atoms with Crippen LogP contribution in [0.3, 0.4) is 0 Å². The van der Waals surface area contributed by atoms with Gasteiger partial charge in [-0.25, -0.2) is 0 Å².